The summed E-state index contributed by atoms with van der Waals surface area (Å²) in [5.41, 5.74) is 1.60. The molecule has 0 aromatic heterocycles. The molecule has 2 N–H and O–H groups in total. The number of alkyl halides is 1. The van der Waals surface area contributed by atoms with E-state index in [1.807, 2.05) is 26.0 Å². The summed E-state index contributed by atoms with van der Waals surface area (Å²) in [6.07, 6.45) is -0.509. The van der Waals surface area contributed by atoms with Crippen LogP contribution in [-0.4, -0.2) is 23.9 Å². The zero-order chi connectivity index (χ0) is 15.1. The van der Waals surface area contributed by atoms with Gasteiger partial charge in [0.1, 0.15) is 0 Å². The van der Waals surface area contributed by atoms with Crippen LogP contribution in [0, 0.1) is 5.92 Å². The molecule has 1 aromatic rings. The van der Waals surface area contributed by atoms with Gasteiger partial charge in [-0.05, 0) is 23.6 Å². The molecule has 0 saturated heterocycles. The summed E-state index contributed by atoms with van der Waals surface area (Å²) in [5.74, 6) is 0.207. The zero-order valence-corrected chi connectivity index (χ0v) is 13.4. The van der Waals surface area contributed by atoms with E-state index in [9.17, 15) is 9.59 Å². The molecule has 0 saturated carbocycles. The molecule has 110 valence electrons. The first-order chi connectivity index (χ1) is 9.43. The largest absolute Gasteiger partial charge is 0.453 e. The summed E-state index contributed by atoms with van der Waals surface area (Å²) in [7, 11) is 1.31. The minimum absolute atomic E-state index is 0.0308. The van der Waals surface area contributed by atoms with Gasteiger partial charge in [0.25, 0.3) is 0 Å². The smallest absolute Gasteiger partial charge is 0.411 e. The van der Waals surface area contributed by atoms with E-state index in [0.29, 0.717) is 12.2 Å². The van der Waals surface area contributed by atoms with Crippen LogP contribution >= 0.6 is 15.9 Å². The molecule has 20 heavy (non-hydrogen) atoms. The van der Waals surface area contributed by atoms with Gasteiger partial charge in [0.2, 0.25) is 5.91 Å². The van der Waals surface area contributed by atoms with E-state index in [1.165, 1.54) is 7.11 Å². The number of ether oxygens (including phenoxy) is 1. The highest BCUT2D eigenvalue weighted by atomic mass is 79.9. The lowest BCUT2D eigenvalue weighted by Crippen LogP contribution is -2.33. The maximum absolute atomic E-state index is 11.8. The van der Waals surface area contributed by atoms with Gasteiger partial charge >= 0.3 is 6.09 Å². The normalized spacial score (nSPS) is 11.8. The third-order valence-corrected chi connectivity index (χ3v) is 4.16. The van der Waals surface area contributed by atoms with Gasteiger partial charge in [-0.1, -0.05) is 41.9 Å². The average Bonchev–Trinajstić information content (AvgIpc) is 2.45. The number of benzene rings is 1. The maximum Gasteiger partial charge on any atom is 0.411 e. The summed E-state index contributed by atoms with van der Waals surface area (Å²) in [4.78, 5) is 22.6. The first kappa shape index (κ1) is 16.5. The summed E-state index contributed by atoms with van der Waals surface area (Å²) in [5, 5.41) is 5.41. The SMILES string of the molecule is COC(=O)Nc1ccc(CNC(=O)C(Br)C(C)C)cc1. The van der Waals surface area contributed by atoms with Gasteiger partial charge in [-0.25, -0.2) is 4.79 Å². The van der Waals surface area contributed by atoms with Crippen molar-refractivity contribution in [3.63, 3.8) is 0 Å². The van der Waals surface area contributed by atoms with Gasteiger partial charge < -0.3 is 10.1 Å². The number of hydrogen-bond donors (Lipinski definition) is 2. The predicted octanol–water partition coefficient (Wildman–Crippen LogP) is 2.90. The molecule has 0 radical (unpaired) electrons. The van der Waals surface area contributed by atoms with Crippen LogP contribution in [-0.2, 0) is 16.1 Å². The second-order valence-corrected chi connectivity index (χ2v) is 5.66. The first-order valence-corrected chi connectivity index (χ1v) is 7.21. The number of anilines is 1. The van der Waals surface area contributed by atoms with Gasteiger partial charge in [0.05, 0.1) is 11.9 Å². The number of methoxy groups -OCH3 is 1. The molecule has 0 aliphatic rings. The van der Waals surface area contributed by atoms with Gasteiger partial charge in [-0.15, -0.1) is 0 Å². The summed E-state index contributed by atoms with van der Waals surface area (Å²) in [6.45, 7) is 4.41. The molecular formula is C14H19BrN2O3. The van der Waals surface area contributed by atoms with Crippen molar-refractivity contribution in [2.24, 2.45) is 5.92 Å². The van der Waals surface area contributed by atoms with Crippen LogP contribution in [0.5, 0.6) is 0 Å². The molecule has 0 aliphatic carbocycles. The van der Waals surface area contributed by atoms with E-state index in [0.717, 1.165) is 5.56 Å². The van der Waals surface area contributed by atoms with Crippen molar-refractivity contribution in [2.45, 2.75) is 25.2 Å². The number of hydrogen-bond acceptors (Lipinski definition) is 3. The Morgan fingerprint density at radius 2 is 1.85 bits per heavy atom. The standard InChI is InChI=1S/C14H19BrN2O3/c1-9(2)12(15)13(18)16-8-10-4-6-11(7-5-10)17-14(19)20-3/h4-7,9,12H,8H2,1-3H3,(H,16,18)(H,17,19). The molecule has 0 fully saturated rings. The molecule has 0 bridgehead atoms. The Morgan fingerprint density at radius 3 is 2.35 bits per heavy atom. The van der Waals surface area contributed by atoms with Gasteiger partial charge in [0, 0.05) is 12.2 Å². The fourth-order valence-corrected chi connectivity index (χ4v) is 1.63. The van der Waals surface area contributed by atoms with Crippen LogP contribution in [0.15, 0.2) is 24.3 Å². The van der Waals surface area contributed by atoms with Crippen molar-refractivity contribution in [2.75, 3.05) is 12.4 Å². The highest BCUT2D eigenvalue weighted by Crippen LogP contribution is 2.13. The van der Waals surface area contributed by atoms with Crippen LogP contribution < -0.4 is 10.6 Å². The fraction of sp³-hybridized carbons (Fsp3) is 0.429. The Kier molecular flexibility index (Phi) is 6.51. The molecule has 5 nitrogen and oxygen atoms in total. The Hall–Kier alpha value is -1.56. The number of carbonyl (C=O) groups is 2. The number of nitrogens with one attached hydrogen (secondary N) is 2. The molecule has 0 heterocycles. The zero-order valence-electron chi connectivity index (χ0n) is 11.8. The first-order valence-electron chi connectivity index (χ1n) is 6.29. The molecule has 1 rings (SSSR count). The number of amides is 2. The van der Waals surface area contributed by atoms with Crippen LogP contribution in [0.2, 0.25) is 0 Å². The van der Waals surface area contributed by atoms with Gasteiger partial charge in [-0.3, -0.25) is 10.1 Å². The lowest BCUT2D eigenvalue weighted by Gasteiger charge is -2.14. The van der Waals surface area contributed by atoms with Gasteiger partial charge in [0.15, 0.2) is 0 Å². The highest BCUT2D eigenvalue weighted by molar-refractivity contribution is 9.10. The van der Waals surface area contributed by atoms with E-state index in [-0.39, 0.29) is 16.7 Å². The molecule has 0 aliphatic heterocycles. The lowest BCUT2D eigenvalue weighted by atomic mass is 10.1. The Labute approximate surface area is 127 Å². The predicted molar refractivity (Wildman–Crippen MR) is 81.9 cm³/mol. The van der Waals surface area contributed by atoms with E-state index in [1.54, 1.807) is 12.1 Å². The lowest BCUT2D eigenvalue weighted by molar-refractivity contribution is -0.121. The minimum Gasteiger partial charge on any atom is -0.453 e. The average molecular weight is 343 g/mol. The number of halogens is 1. The van der Waals surface area contributed by atoms with Crippen molar-refractivity contribution in [1.82, 2.24) is 5.32 Å². The van der Waals surface area contributed by atoms with Crippen LogP contribution in [0.25, 0.3) is 0 Å². The molecular weight excluding hydrogens is 324 g/mol. The second kappa shape index (κ2) is 7.89. The van der Waals surface area contributed by atoms with Gasteiger partial charge in [-0.2, -0.15) is 0 Å². The Balaban J connectivity index is 2.50. The Morgan fingerprint density at radius 1 is 1.25 bits per heavy atom. The van der Waals surface area contributed by atoms with Crippen molar-refractivity contribution in [3.8, 4) is 0 Å². The molecule has 6 heteroatoms. The van der Waals surface area contributed by atoms with E-state index < -0.39 is 6.09 Å². The minimum atomic E-state index is -0.509. The highest BCUT2D eigenvalue weighted by Gasteiger charge is 2.17. The maximum atomic E-state index is 11.8. The topological polar surface area (TPSA) is 67.4 Å². The summed E-state index contributed by atoms with van der Waals surface area (Å²) < 4.78 is 4.50. The third kappa shape index (κ3) is 5.21. The molecule has 1 aromatic carbocycles. The molecule has 0 spiro atoms. The molecule has 1 unspecified atom stereocenters. The van der Waals surface area contributed by atoms with Crippen molar-refractivity contribution in [1.29, 1.82) is 0 Å². The van der Waals surface area contributed by atoms with E-state index >= 15 is 0 Å². The van der Waals surface area contributed by atoms with E-state index in [4.69, 9.17) is 0 Å². The van der Waals surface area contributed by atoms with Crippen molar-refractivity contribution in [3.05, 3.63) is 29.8 Å². The Bertz CT molecular complexity index is 460. The summed E-state index contributed by atoms with van der Waals surface area (Å²) in [6, 6.07) is 7.19. The second-order valence-electron chi connectivity index (χ2n) is 4.68. The van der Waals surface area contributed by atoms with Crippen molar-refractivity contribution >= 4 is 33.6 Å². The monoisotopic (exact) mass is 342 g/mol. The third-order valence-electron chi connectivity index (χ3n) is 2.69. The van der Waals surface area contributed by atoms with Crippen LogP contribution in [0.4, 0.5) is 10.5 Å². The van der Waals surface area contributed by atoms with E-state index in [2.05, 4.69) is 31.3 Å². The summed E-state index contributed by atoms with van der Waals surface area (Å²) >= 11 is 3.35. The van der Waals surface area contributed by atoms with Crippen LogP contribution in [0.1, 0.15) is 19.4 Å². The van der Waals surface area contributed by atoms with Crippen LogP contribution in [0.3, 0.4) is 0 Å². The fourth-order valence-electron chi connectivity index (χ4n) is 1.46. The number of carbonyl (C=O) groups excluding carboxylic acids is 2. The number of rotatable bonds is 5. The molecule has 2 amide bonds. The van der Waals surface area contributed by atoms with Crippen molar-refractivity contribution < 1.29 is 14.3 Å². The quantitative estimate of drug-likeness (QED) is 0.808. The molecule has 1 atom stereocenters.